The number of carbonyl (C=O) groups excluding carboxylic acids is 2. The van der Waals surface area contributed by atoms with E-state index in [4.69, 9.17) is 9.47 Å². The fraction of sp³-hybridized carbons (Fsp3) is 0.875. The third-order valence-corrected chi connectivity index (χ3v) is 5.17. The van der Waals surface area contributed by atoms with Crippen LogP contribution in [0.25, 0.3) is 0 Å². The lowest BCUT2D eigenvalue weighted by Crippen LogP contribution is -2.51. The minimum atomic E-state index is -0.701. The maximum Gasteiger partial charge on any atom is 0.327 e. The standard InChI is InChI=1S/C16H26N2O4/c1-4-11(3)6-16(5-2)14(19)17(7-12-9-21-12)15(20)18(16)8-13-10-22-13/h11-13H,4-10H2,1-3H3. The van der Waals surface area contributed by atoms with Crippen LogP contribution in [0.2, 0.25) is 0 Å². The van der Waals surface area contributed by atoms with Crippen LogP contribution in [0.4, 0.5) is 4.79 Å². The van der Waals surface area contributed by atoms with Crippen molar-refractivity contribution in [3.8, 4) is 0 Å². The Bertz CT molecular complexity index is 461. The van der Waals surface area contributed by atoms with E-state index in [0.29, 0.717) is 38.6 Å². The number of rotatable bonds is 8. The Hall–Kier alpha value is -1.14. The van der Waals surface area contributed by atoms with E-state index in [1.54, 1.807) is 4.90 Å². The van der Waals surface area contributed by atoms with Gasteiger partial charge in [-0.1, -0.05) is 27.2 Å². The molecule has 3 aliphatic heterocycles. The zero-order valence-corrected chi connectivity index (χ0v) is 13.7. The van der Waals surface area contributed by atoms with Crippen molar-refractivity contribution in [3.63, 3.8) is 0 Å². The number of urea groups is 1. The summed E-state index contributed by atoms with van der Waals surface area (Å²) < 4.78 is 10.5. The van der Waals surface area contributed by atoms with Crippen LogP contribution >= 0.6 is 0 Å². The number of epoxide rings is 2. The highest BCUT2D eigenvalue weighted by atomic mass is 16.6. The highest BCUT2D eigenvalue weighted by Gasteiger charge is 2.58. The van der Waals surface area contributed by atoms with Crippen molar-refractivity contribution >= 4 is 11.9 Å². The van der Waals surface area contributed by atoms with Gasteiger partial charge < -0.3 is 14.4 Å². The van der Waals surface area contributed by atoms with E-state index in [9.17, 15) is 9.59 Å². The van der Waals surface area contributed by atoms with E-state index in [-0.39, 0.29) is 24.1 Å². The van der Waals surface area contributed by atoms with E-state index in [2.05, 4.69) is 13.8 Å². The van der Waals surface area contributed by atoms with Crippen LogP contribution in [0, 0.1) is 5.92 Å². The molecule has 4 atom stereocenters. The second-order valence-electron chi connectivity index (χ2n) is 6.82. The summed E-state index contributed by atoms with van der Waals surface area (Å²) in [6, 6.07) is -0.166. The maximum atomic E-state index is 13.1. The molecular weight excluding hydrogens is 284 g/mol. The molecule has 22 heavy (non-hydrogen) atoms. The molecule has 124 valence electrons. The molecule has 3 amide bonds. The average Bonchev–Trinajstić information content (AvgIpc) is 3.40. The Balaban J connectivity index is 1.86. The first kappa shape index (κ1) is 15.7. The Morgan fingerprint density at radius 3 is 2.27 bits per heavy atom. The molecule has 0 radical (unpaired) electrons. The number of imide groups is 1. The van der Waals surface area contributed by atoms with Crippen LogP contribution in [0.5, 0.6) is 0 Å². The molecule has 0 aromatic carbocycles. The van der Waals surface area contributed by atoms with Crippen molar-refractivity contribution in [3.05, 3.63) is 0 Å². The van der Waals surface area contributed by atoms with Crippen molar-refractivity contribution < 1.29 is 19.1 Å². The first-order valence-electron chi connectivity index (χ1n) is 8.38. The molecule has 6 heteroatoms. The second-order valence-corrected chi connectivity index (χ2v) is 6.82. The fourth-order valence-corrected chi connectivity index (χ4v) is 3.36. The molecule has 0 aromatic heterocycles. The lowest BCUT2D eigenvalue weighted by atomic mass is 9.83. The molecule has 4 unspecified atom stereocenters. The van der Waals surface area contributed by atoms with Crippen LogP contribution < -0.4 is 0 Å². The normalized spacial score (nSPS) is 35.2. The van der Waals surface area contributed by atoms with Gasteiger partial charge in [-0.25, -0.2) is 4.79 Å². The molecule has 3 heterocycles. The summed E-state index contributed by atoms with van der Waals surface area (Å²) in [4.78, 5) is 29.1. The SMILES string of the molecule is CCC(C)CC1(CC)C(=O)N(CC2CO2)C(=O)N1CC1CO1. The molecule has 6 nitrogen and oxygen atoms in total. The Kier molecular flexibility index (Phi) is 4.16. The Labute approximate surface area is 131 Å². The second kappa shape index (κ2) is 5.81. The molecule has 0 spiro atoms. The highest BCUT2D eigenvalue weighted by molar-refractivity contribution is 6.07. The van der Waals surface area contributed by atoms with Gasteiger partial charge in [0.25, 0.3) is 5.91 Å². The molecule has 0 saturated carbocycles. The van der Waals surface area contributed by atoms with E-state index >= 15 is 0 Å². The Morgan fingerprint density at radius 2 is 1.77 bits per heavy atom. The van der Waals surface area contributed by atoms with E-state index in [1.807, 2.05) is 6.92 Å². The molecule has 3 saturated heterocycles. The third-order valence-electron chi connectivity index (χ3n) is 5.17. The van der Waals surface area contributed by atoms with Crippen molar-refractivity contribution in [1.29, 1.82) is 0 Å². The van der Waals surface area contributed by atoms with E-state index in [1.165, 1.54) is 4.90 Å². The van der Waals surface area contributed by atoms with E-state index in [0.717, 1.165) is 12.8 Å². The summed E-state index contributed by atoms with van der Waals surface area (Å²) in [5, 5.41) is 0. The lowest BCUT2D eigenvalue weighted by Gasteiger charge is -2.36. The van der Waals surface area contributed by atoms with Gasteiger partial charge in [0, 0.05) is 0 Å². The number of amides is 3. The first-order valence-corrected chi connectivity index (χ1v) is 8.38. The first-order chi connectivity index (χ1) is 10.5. The topological polar surface area (TPSA) is 65.7 Å². The van der Waals surface area contributed by atoms with Crippen molar-refractivity contribution in [1.82, 2.24) is 9.80 Å². The van der Waals surface area contributed by atoms with Crippen LogP contribution in [-0.2, 0) is 14.3 Å². The zero-order valence-electron chi connectivity index (χ0n) is 13.7. The summed E-state index contributed by atoms with van der Waals surface area (Å²) in [6.45, 7) is 8.53. The molecule has 3 rings (SSSR count). The fourth-order valence-electron chi connectivity index (χ4n) is 3.36. The van der Waals surface area contributed by atoms with Gasteiger partial charge in [0.15, 0.2) is 0 Å². The summed E-state index contributed by atoms with van der Waals surface area (Å²) in [5.41, 5.74) is -0.701. The molecule has 0 bridgehead atoms. The van der Waals surface area contributed by atoms with Gasteiger partial charge in [0.2, 0.25) is 0 Å². The number of carbonyl (C=O) groups is 2. The van der Waals surface area contributed by atoms with Crippen LogP contribution in [-0.4, -0.2) is 65.8 Å². The van der Waals surface area contributed by atoms with Crippen molar-refractivity contribution in [2.24, 2.45) is 5.92 Å². The zero-order chi connectivity index (χ0) is 15.9. The summed E-state index contributed by atoms with van der Waals surface area (Å²) >= 11 is 0. The number of hydrogen-bond donors (Lipinski definition) is 0. The van der Waals surface area contributed by atoms with Gasteiger partial charge in [-0.15, -0.1) is 0 Å². The minimum absolute atomic E-state index is 0.0307. The minimum Gasteiger partial charge on any atom is -0.371 e. The summed E-state index contributed by atoms with van der Waals surface area (Å²) in [7, 11) is 0. The molecule has 3 aliphatic rings. The molecule has 0 aromatic rings. The van der Waals surface area contributed by atoms with Gasteiger partial charge in [-0.05, 0) is 18.8 Å². The van der Waals surface area contributed by atoms with Crippen LogP contribution in [0.3, 0.4) is 0 Å². The number of ether oxygens (including phenoxy) is 2. The van der Waals surface area contributed by atoms with Crippen LogP contribution in [0.1, 0.15) is 40.0 Å². The highest BCUT2D eigenvalue weighted by Crippen LogP contribution is 2.39. The maximum absolute atomic E-state index is 13.1. The summed E-state index contributed by atoms with van der Waals surface area (Å²) in [6.07, 6.45) is 2.50. The smallest absolute Gasteiger partial charge is 0.327 e. The third kappa shape index (κ3) is 2.74. The quantitative estimate of drug-likeness (QED) is 0.505. The predicted octanol–water partition coefficient (Wildman–Crippen LogP) is 1.63. The molecular formula is C16H26N2O4. The average molecular weight is 310 g/mol. The number of nitrogens with zero attached hydrogens (tertiary/aromatic N) is 2. The van der Waals surface area contributed by atoms with Gasteiger partial charge >= 0.3 is 6.03 Å². The lowest BCUT2D eigenvalue weighted by molar-refractivity contribution is -0.134. The van der Waals surface area contributed by atoms with Gasteiger partial charge in [-0.3, -0.25) is 9.69 Å². The molecule has 0 aliphatic carbocycles. The molecule has 3 fully saturated rings. The largest absolute Gasteiger partial charge is 0.371 e. The van der Waals surface area contributed by atoms with Crippen molar-refractivity contribution in [2.45, 2.75) is 57.8 Å². The van der Waals surface area contributed by atoms with Gasteiger partial charge in [-0.2, -0.15) is 0 Å². The van der Waals surface area contributed by atoms with Gasteiger partial charge in [0.05, 0.1) is 38.5 Å². The predicted molar refractivity (Wildman–Crippen MR) is 80.4 cm³/mol. The van der Waals surface area contributed by atoms with Gasteiger partial charge in [0.1, 0.15) is 5.54 Å². The van der Waals surface area contributed by atoms with Crippen LogP contribution in [0.15, 0.2) is 0 Å². The Morgan fingerprint density at radius 1 is 1.18 bits per heavy atom. The van der Waals surface area contributed by atoms with Crippen molar-refractivity contribution in [2.75, 3.05) is 26.3 Å². The summed E-state index contributed by atoms with van der Waals surface area (Å²) in [5.74, 6) is 0.355. The number of hydrogen-bond acceptors (Lipinski definition) is 4. The molecule has 0 N–H and O–H groups in total. The monoisotopic (exact) mass is 310 g/mol. The van der Waals surface area contributed by atoms with E-state index < -0.39 is 5.54 Å².